The van der Waals surface area contributed by atoms with E-state index in [2.05, 4.69) is 33.8 Å². The molecular formula is C32H50O7. The Morgan fingerprint density at radius 1 is 0.897 bits per heavy atom. The normalized spacial score (nSPS) is 50.3. The molecule has 0 spiro atoms. The molecule has 0 heterocycles. The SMILES string of the molecule is COC(=O)[C@]12CCC(C)(C)C[C@H]1C1=CC[C@@H]3[C@@]4(C)CC(O)C(O)[C@@](C)(C(=O)OC)[C@@H]4CC[C@@]3(C)[C@]1(CO)CC2. The molecule has 5 rings (SSSR count). The zero-order chi connectivity index (χ0) is 28.8. The number of fused-ring (bicyclic) bond motifs is 7. The molecule has 0 aliphatic heterocycles. The number of carbonyl (C=O) groups is 2. The fourth-order valence-electron chi connectivity index (χ4n) is 11.2. The van der Waals surface area contributed by atoms with Crippen LogP contribution in [0.4, 0.5) is 0 Å². The highest BCUT2D eigenvalue weighted by Crippen LogP contribution is 2.76. The lowest BCUT2D eigenvalue weighted by atomic mass is 9.33. The van der Waals surface area contributed by atoms with Gasteiger partial charge in [0.05, 0.1) is 43.9 Å². The summed E-state index contributed by atoms with van der Waals surface area (Å²) < 4.78 is 10.6. The van der Waals surface area contributed by atoms with Crippen molar-refractivity contribution in [1.29, 1.82) is 0 Å². The van der Waals surface area contributed by atoms with Gasteiger partial charge in [0.2, 0.25) is 0 Å². The number of esters is 2. The predicted octanol–water partition coefficient (Wildman–Crippen LogP) is 4.42. The minimum absolute atomic E-state index is 0.0141. The van der Waals surface area contributed by atoms with Crippen LogP contribution < -0.4 is 0 Å². The third-order valence-electron chi connectivity index (χ3n) is 13.4. The number of aliphatic hydroxyl groups is 3. The molecule has 0 saturated heterocycles. The minimum Gasteiger partial charge on any atom is -0.469 e. The van der Waals surface area contributed by atoms with Gasteiger partial charge < -0.3 is 24.8 Å². The lowest BCUT2D eigenvalue weighted by Crippen LogP contribution is -2.69. The summed E-state index contributed by atoms with van der Waals surface area (Å²) in [5, 5.41) is 33.6. The number of carbonyl (C=O) groups excluding carboxylic acids is 2. The fourth-order valence-corrected chi connectivity index (χ4v) is 11.2. The summed E-state index contributed by atoms with van der Waals surface area (Å²) in [6, 6.07) is 0. The summed E-state index contributed by atoms with van der Waals surface area (Å²) in [6.45, 7) is 10.8. The number of aliphatic hydroxyl groups excluding tert-OH is 3. The Morgan fingerprint density at radius 2 is 1.54 bits per heavy atom. The molecule has 4 saturated carbocycles. The highest BCUT2D eigenvalue weighted by atomic mass is 16.5. The molecule has 10 atom stereocenters. The summed E-state index contributed by atoms with van der Waals surface area (Å²) in [7, 11) is 2.85. The average Bonchev–Trinajstić information content (AvgIpc) is 2.90. The highest BCUT2D eigenvalue weighted by molar-refractivity contribution is 5.79. The molecule has 0 aromatic heterocycles. The van der Waals surface area contributed by atoms with Crippen molar-refractivity contribution in [2.45, 2.75) is 105 Å². The zero-order valence-corrected chi connectivity index (χ0v) is 25.0. The second kappa shape index (κ2) is 9.03. The molecule has 3 N–H and O–H groups in total. The topological polar surface area (TPSA) is 113 Å². The minimum atomic E-state index is -1.21. The molecule has 0 radical (unpaired) electrons. The van der Waals surface area contributed by atoms with Crippen LogP contribution in [0.15, 0.2) is 11.6 Å². The van der Waals surface area contributed by atoms with Crippen molar-refractivity contribution in [3.8, 4) is 0 Å². The number of rotatable bonds is 3. The smallest absolute Gasteiger partial charge is 0.314 e. The Labute approximate surface area is 233 Å². The first kappa shape index (κ1) is 29.1. The van der Waals surface area contributed by atoms with E-state index in [1.54, 1.807) is 6.92 Å². The molecule has 39 heavy (non-hydrogen) atoms. The van der Waals surface area contributed by atoms with E-state index in [1.807, 2.05) is 0 Å². The van der Waals surface area contributed by atoms with Gasteiger partial charge in [-0.1, -0.05) is 39.3 Å². The number of ether oxygens (including phenoxy) is 2. The van der Waals surface area contributed by atoms with E-state index in [0.717, 1.165) is 32.1 Å². The average molecular weight is 547 g/mol. The molecule has 5 aliphatic carbocycles. The molecule has 7 heteroatoms. The van der Waals surface area contributed by atoms with Crippen molar-refractivity contribution in [2.24, 2.45) is 50.2 Å². The van der Waals surface area contributed by atoms with Gasteiger partial charge in [0, 0.05) is 5.41 Å². The van der Waals surface area contributed by atoms with Gasteiger partial charge in [-0.3, -0.25) is 9.59 Å². The summed E-state index contributed by atoms with van der Waals surface area (Å²) in [6.07, 6.45) is 6.85. The van der Waals surface area contributed by atoms with E-state index in [9.17, 15) is 24.9 Å². The second-order valence-electron chi connectivity index (χ2n) is 15.3. The van der Waals surface area contributed by atoms with Crippen LogP contribution in [0.1, 0.15) is 92.4 Å². The molecule has 4 fully saturated rings. The maximum absolute atomic E-state index is 13.4. The third kappa shape index (κ3) is 3.51. The van der Waals surface area contributed by atoms with Crippen molar-refractivity contribution in [3.05, 3.63) is 11.6 Å². The fraction of sp³-hybridized carbons (Fsp3) is 0.875. The van der Waals surface area contributed by atoms with E-state index in [-0.39, 0.29) is 41.2 Å². The van der Waals surface area contributed by atoms with Crippen LogP contribution in [-0.2, 0) is 19.1 Å². The maximum atomic E-state index is 13.4. The van der Waals surface area contributed by atoms with Gasteiger partial charge in [-0.2, -0.15) is 0 Å². The van der Waals surface area contributed by atoms with Gasteiger partial charge in [0.15, 0.2) is 0 Å². The Bertz CT molecular complexity index is 1070. The lowest BCUT2D eigenvalue weighted by molar-refractivity contribution is -0.245. The summed E-state index contributed by atoms with van der Waals surface area (Å²) in [5.74, 6) is -0.630. The van der Waals surface area contributed by atoms with E-state index in [1.165, 1.54) is 19.8 Å². The number of hydrogen-bond donors (Lipinski definition) is 3. The highest BCUT2D eigenvalue weighted by Gasteiger charge is 2.72. The van der Waals surface area contributed by atoms with Crippen LogP contribution in [0.5, 0.6) is 0 Å². The van der Waals surface area contributed by atoms with E-state index in [0.29, 0.717) is 25.7 Å². The predicted molar refractivity (Wildman–Crippen MR) is 146 cm³/mol. The Hall–Kier alpha value is -1.44. The van der Waals surface area contributed by atoms with Gasteiger partial charge in [-0.15, -0.1) is 0 Å². The molecule has 7 nitrogen and oxygen atoms in total. The van der Waals surface area contributed by atoms with Gasteiger partial charge in [0.25, 0.3) is 0 Å². The van der Waals surface area contributed by atoms with Crippen molar-refractivity contribution in [2.75, 3.05) is 20.8 Å². The quantitative estimate of drug-likeness (QED) is 0.355. The molecule has 5 aliphatic rings. The largest absolute Gasteiger partial charge is 0.469 e. The first-order chi connectivity index (χ1) is 18.1. The third-order valence-corrected chi connectivity index (χ3v) is 13.4. The summed E-state index contributed by atoms with van der Waals surface area (Å²) in [4.78, 5) is 26.6. The van der Waals surface area contributed by atoms with Crippen LogP contribution in [0.3, 0.4) is 0 Å². The molecule has 2 unspecified atom stereocenters. The number of hydrogen-bond acceptors (Lipinski definition) is 7. The van der Waals surface area contributed by atoms with Gasteiger partial charge >= 0.3 is 11.9 Å². The molecular weight excluding hydrogens is 496 g/mol. The monoisotopic (exact) mass is 546 g/mol. The number of allylic oxidation sites excluding steroid dienone is 1. The zero-order valence-electron chi connectivity index (χ0n) is 25.0. The van der Waals surface area contributed by atoms with Crippen LogP contribution >= 0.6 is 0 Å². The Kier molecular flexibility index (Phi) is 6.73. The van der Waals surface area contributed by atoms with Crippen molar-refractivity contribution in [1.82, 2.24) is 0 Å². The van der Waals surface area contributed by atoms with Crippen LogP contribution in [0.25, 0.3) is 0 Å². The Balaban J connectivity index is 1.64. The van der Waals surface area contributed by atoms with Crippen molar-refractivity contribution in [3.63, 3.8) is 0 Å². The van der Waals surface area contributed by atoms with Crippen molar-refractivity contribution < 1.29 is 34.4 Å². The Morgan fingerprint density at radius 3 is 2.15 bits per heavy atom. The van der Waals surface area contributed by atoms with Crippen LogP contribution in [0.2, 0.25) is 0 Å². The van der Waals surface area contributed by atoms with Crippen LogP contribution in [-0.4, -0.2) is 60.3 Å². The molecule has 0 amide bonds. The molecule has 0 aromatic rings. The lowest BCUT2D eigenvalue weighted by Gasteiger charge is -2.71. The first-order valence-corrected chi connectivity index (χ1v) is 15.0. The summed E-state index contributed by atoms with van der Waals surface area (Å²) in [5.41, 5.74) is -1.65. The van der Waals surface area contributed by atoms with Gasteiger partial charge in [-0.25, -0.2) is 0 Å². The standard InChI is InChI=1S/C32H50O7/c1-27(2)12-13-31(26(37)39-7)14-15-32(18-33)19(20(31)16-27)8-9-22-28(3)17-21(34)24(35)30(5,25(36)38-6)23(28)10-11-29(22,32)4/h8,20-24,33-35H,9-18H2,1-7H3/t20-,21?,22+,23+,24?,28+,29+,30-,31-,32-/m0/s1. The van der Waals surface area contributed by atoms with E-state index >= 15 is 0 Å². The molecule has 220 valence electrons. The van der Waals surface area contributed by atoms with Gasteiger partial charge in [-0.05, 0) is 98.7 Å². The molecule has 0 bridgehead atoms. The van der Waals surface area contributed by atoms with Gasteiger partial charge in [0.1, 0.15) is 0 Å². The molecule has 0 aromatic carbocycles. The first-order valence-electron chi connectivity index (χ1n) is 15.0. The maximum Gasteiger partial charge on any atom is 0.314 e. The second-order valence-corrected chi connectivity index (χ2v) is 15.3. The van der Waals surface area contributed by atoms with E-state index in [4.69, 9.17) is 9.47 Å². The number of methoxy groups -OCH3 is 2. The summed E-state index contributed by atoms with van der Waals surface area (Å²) >= 11 is 0. The van der Waals surface area contributed by atoms with Crippen LogP contribution in [0, 0.1) is 50.2 Å². The van der Waals surface area contributed by atoms with E-state index < -0.39 is 39.8 Å². The van der Waals surface area contributed by atoms with Crippen molar-refractivity contribution >= 4 is 11.9 Å².